The highest BCUT2D eigenvalue weighted by Crippen LogP contribution is 2.41. The second-order valence-electron chi connectivity index (χ2n) is 7.24. The number of carbonyl (C=O) groups excluding carboxylic acids is 1. The third kappa shape index (κ3) is 3.86. The number of rotatable bonds is 6. The summed E-state index contributed by atoms with van der Waals surface area (Å²) in [5, 5.41) is 11.7. The van der Waals surface area contributed by atoms with E-state index in [4.69, 9.17) is 21.4 Å². The number of carbonyl (C=O) groups is 1. The minimum atomic E-state index is -1.07. The lowest BCUT2D eigenvalue weighted by atomic mass is 9.88. The van der Waals surface area contributed by atoms with E-state index in [0.29, 0.717) is 28.8 Å². The Hall–Kier alpha value is -2.51. The van der Waals surface area contributed by atoms with Crippen LogP contribution in [0.25, 0.3) is 11.3 Å². The summed E-state index contributed by atoms with van der Waals surface area (Å²) < 4.78 is 7.37. The van der Waals surface area contributed by atoms with Gasteiger partial charge >= 0.3 is 5.91 Å². The molecule has 0 spiro atoms. The van der Waals surface area contributed by atoms with E-state index >= 15 is 0 Å². The van der Waals surface area contributed by atoms with Crippen molar-refractivity contribution >= 4 is 17.5 Å². The molecular weight excluding hydrogens is 384 g/mol. The molecule has 3 rings (SSSR count). The van der Waals surface area contributed by atoms with E-state index < -0.39 is 11.3 Å². The SMILES string of the molecule is CC(C)CC1Cc2cc(OCCO)c(Cl)cc2-c2cc(=O)c(C(=O)N=O)cn21. The Morgan fingerprint density at radius 2 is 2.14 bits per heavy atom. The van der Waals surface area contributed by atoms with Crippen LogP contribution in [0.4, 0.5) is 0 Å². The number of amides is 1. The van der Waals surface area contributed by atoms with Gasteiger partial charge in [-0.25, -0.2) is 0 Å². The van der Waals surface area contributed by atoms with Gasteiger partial charge in [0.1, 0.15) is 17.9 Å². The normalized spacial score (nSPS) is 15.1. The molecule has 1 aliphatic heterocycles. The highest BCUT2D eigenvalue weighted by atomic mass is 35.5. The van der Waals surface area contributed by atoms with Gasteiger partial charge in [-0.15, -0.1) is 4.91 Å². The smallest absolute Gasteiger partial charge is 0.322 e. The molecule has 0 aliphatic carbocycles. The number of benzene rings is 1. The highest BCUT2D eigenvalue weighted by molar-refractivity contribution is 6.32. The van der Waals surface area contributed by atoms with Gasteiger partial charge in [-0.05, 0) is 36.5 Å². The van der Waals surface area contributed by atoms with Crippen LogP contribution >= 0.6 is 11.6 Å². The maximum Gasteiger partial charge on any atom is 0.322 e. The molecule has 0 radical (unpaired) electrons. The molecule has 0 saturated carbocycles. The largest absolute Gasteiger partial charge is 0.490 e. The molecule has 0 fully saturated rings. The number of aromatic nitrogens is 1. The number of aliphatic hydroxyl groups excluding tert-OH is 1. The van der Waals surface area contributed by atoms with Crippen molar-refractivity contribution in [3.63, 3.8) is 0 Å². The molecule has 1 N–H and O–H groups in total. The maximum atomic E-state index is 12.4. The Kier molecular flexibility index (Phi) is 5.96. The summed E-state index contributed by atoms with van der Waals surface area (Å²) in [6, 6.07) is 4.91. The zero-order valence-corrected chi connectivity index (χ0v) is 16.4. The summed E-state index contributed by atoms with van der Waals surface area (Å²) in [6.45, 7) is 4.19. The zero-order chi connectivity index (χ0) is 20.4. The summed E-state index contributed by atoms with van der Waals surface area (Å²) in [5.41, 5.74) is 1.59. The summed E-state index contributed by atoms with van der Waals surface area (Å²) in [6.07, 6.45) is 2.90. The first-order valence-electron chi connectivity index (χ1n) is 9.06. The standard InChI is InChI=1S/C20H21ClN2O5/c1-11(2)5-13-6-12-7-19(28-4-3-24)16(21)8-14(12)17-9-18(25)15(10-23(13)17)20(26)22-27/h7-11,13,24H,3-6H2,1-2H3. The van der Waals surface area contributed by atoms with Crippen LogP contribution in [0.3, 0.4) is 0 Å². The van der Waals surface area contributed by atoms with Crippen LogP contribution in [0.15, 0.2) is 34.4 Å². The predicted octanol–water partition coefficient (Wildman–Crippen LogP) is 3.59. The van der Waals surface area contributed by atoms with Gasteiger partial charge in [0.25, 0.3) is 0 Å². The molecular formula is C20H21ClN2O5. The molecule has 28 heavy (non-hydrogen) atoms. The number of hydrogen-bond acceptors (Lipinski definition) is 5. The first-order valence-corrected chi connectivity index (χ1v) is 9.43. The number of fused-ring (bicyclic) bond motifs is 3. The van der Waals surface area contributed by atoms with E-state index in [1.807, 2.05) is 10.6 Å². The molecule has 2 aromatic rings. The third-order valence-corrected chi connectivity index (χ3v) is 5.06. The molecule has 0 bridgehead atoms. The van der Waals surface area contributed by atoms with E-state index in [9.17, 15) is 14.5 Å². The Morgan fingerprint density at radius 3 is 2.79 bits per heavy atom. The van der Waals surface area contributed by atoms with Gasteiger partial charge in [-0.1, -0.05) is 25.4 Å². The monoisotopic (exact) mass is 404 g/mol. The molecule has 148 valence electrons. The van der Waals surface area contributed by atoms with Crippen molar-refractivity contribution in [2.24, 2.45) is 11.1 Å². The van der Waals surface area contributed by atoms with E-state index in [2.05, 4.69) is 19.0 Å². The van der Waals surface area contributed by atoms with Crippen molar-refractivity contribution in [3.05, 3.63) is 55.7 Å². The molecule has 1 aliphatic rings. The van der Waals surface area contributed by atoms with Gasteiger partial charge in [0, 0.05) is 29.0 Å². The average Bonchev–Trinajstić information content (AvgIpc) is 2.65. The van der Waals surface area contributed by atoms with Crippen LogP contribution < -0.4 is 10.2 Å². The Balaban J connectivity index is 2.18. The number of ether oxygens (including phenoxy) is 1. The number of aliphatic hydroxyl groups is 1. The zero-order valence-electron chi connectivity index (χ0n) is 15.6. The molecule has 2 heterocycles. The number of nitrogens with zero attached hydrogens (tertiary/aromatic N) is 2. The first-order chi connectivity index (χ1) is 13.3. The fourth-order valence-electron chi connectivity index (χ4n) is 3.64. The molecule has 0 saturated heterocycles. The fourth-order valence-corrected chi connectivity index (χ4v) is 3.86. The Labute approximate surface area is 166 Å². The van der Waals surface area contributed by atoms with E-state index in [1.165, 1.54) is 12.3 Å². The van der Waals surface area contributed by atoms with E-state index in [0.717, 1.165) is 17.5 Å². The topological polar surface area (TPSA) is 98.0 Å². The van der Waals surface area contributed by atoms with Gasteiger partial charge in [-0.2, -0.15) is 0 Å². The van der Waals surface area contributed by atoms with Gasteiger partial charge in [0.05, 0.1) is 17.3 Å². The van der Waals surface area contributed by atoms with E-state index in [-0.39, 0.29) is 24.8 Å². The van der Waals surface area contributed by atoms with Crippen molar-refractivity contribution in [2.45, 2.75) is 32.7 Å². The van der Waals surface area contributed by atoms with Gasteiger partial charge in [-0.3, -0.25) is 9.59 Å². The van der Waals surface area contributed by atoms with E-state index in [1.54, 1.807) is 6.07 Å². The quantitative estimate of drug-likeness (QED) is 0.742. The average molecular weight is 405 g/mol. The minimum Gasteiger partial charge on any atom is -0.490 e. The molecule has 1 atom stereocenters. The van der Waals surface area contributed by atoms with Crippen molar-refractivity contribution in [3.8, 4) is 17.0 Å². The van der Waals surface area contributed by atoms with Crippen LogP contribution in [0.1, 0.15) is 42.2 Å². The highest BCUT2D eigenvalue weighted by Gasteiger charge is 2.28. The molecule has 1 aromatic carbocycles. The summed E-state index contributed by atoms with van der Waals surface area (Å²) >= 11 is 6.32. The van der Waals surface area contributed by atoms with Gasteiger partial charge < -0.3 is 14.4 Å². The number of halogens is 1. The van der Waals surface area contributed by atoms with Crippen LogP contribution in [-0.2, 0) is 6.42 Å². The van der Waals surface area contributed by atoms with Crippen LogP contribution in [0.2, 0.25) is 5.02 Å². The second kappa shape index (κ2) is 8.24. The summed E-state index contributed by atoms with van der Waals surface area (Å²) in [4.78, 5) is 34.8. The second-order valence-corrected chi connectivity index (χ2v) is 7.65. The van der Waals surface area contributed by atoms with Crippen LogP contribution in [-0.4, -0.2) is 28.8 Å². The lowest BCUT2D eigenvalue weighted by Crippen LogP contribution is -2.26. The van der Waals surface area contributed by atoms with Crippen LogP contribution in [0, 0.1) is 10.8 Å². The maximum absolute atomic E-state index is 12.4. The lowest BCUT2D eigenvalue weighted by molar-refractivity contribution is 0.0999. The fraction of sp³-hybridized carbons (Fsp3) is 0.400. The third-order valence-electron chi connectivity index (χ3n) is 4.77. The number of nitroso groups, excluding NO2 is 1. The van der Waals surface area contributed by atoms with Crippen molar-refractivity contribution in [1.82, 2.24) is 4.57 Å². The predicted molar refractivity (Wildman–Crippen MR) is 106 cm³/mol. The van der Waals surface area contributed by atoms with Crippen molar-refractivity contribution < 1.29 is 14.6 Å². The molecule has 7 nitrogen and oxygen atoms in total. The van der Waals surface area contributed by atoms with Crippen LogP contribution in [0.5, 0.6) is 5.75 Å². The Bertz CT molecular complexity index is 983. The summed E-state index contributed by atoms with van der Waals surface area (Å²) in [5.74, 6) is -0.217. The van der Waals surface area contributed by atoms with Gasteiger partial charge in [0.15, 0.2) is 5.43 Å². The molecule has 1 unspecified atom stereocenters. The van der Waals surface area contributed by atoms with Crippen molar-refractivity contribution in [2.75, 3.05) is 13.2 Å². The Morgan fingerprint density at radius 1 is 1.39 bits per heavy atom. The van der Waals surface area contributed by atoms with Gasteiger partial charge in [0.2, 0.25) is 0 Å². The molecule has 8 heteroatoms. The molecule has 1 aromatic heterocycles. The number of pyridine rings is 1. The molecule has 1 amide bonds. The minimum absolute atomic E-state index is 0.00632. The van der Waals surface area contributed by atoms with Crippen molar-refractivity contribution in [1.29, 1.82) is 0 Å². The first kappa shape index (κ1) is 20.2. The summed E-state index contributed by atoms with van der Waals surface area (Å²) in [7, 11) is 0. The lowest BCUT2D eigenvalue weighted by Gasteiger charge is -2.32. The number of hydrogen-bond donors (Lipinski definition) is 1.